The van der Waals surface area contributed by atoms with Crippen LogP contribution in [0.1, 0.15) is 22.3 Å². The van der Waals surface area contributed by atoms with Crippen LogP contribution in [-0.4, -0.2) is 15.0 Å². The second-order valence-electron chi connectivity index (χ2n) is 18.1. The molecular formula is C64H37N3O2. The minimum absolute atomic E-state index is 0.494. The Kier molecular flexibility index (Phi) is 7.93. The van der Waals surface area contributed by atoms with E-state index in [1.165, 1.54) is 50.1 Å². The number of hydrogen-bond acceptors (Lipinski definition) is 5. The Morgan fingerprint density at radius 3 is 1.61 bits per heavy atom. The summed E-state index contributed by atoms with van der Waals surface area (Å²) in [6, 6.07) is 79.7. The number of benzene rings is 10. The first-order chi connectivity index (χ1) is 34.2. The number of nitrogens with zero attached hydrogens (tertiary/aromatic N) is 3. The topological polar surface area (TPSA) is 65.0 Å². The van der Waals surface area contributed by atoms with Crippen LogP contribution in [0.5, 0.6) is 0 Å². The predicted molar refractivity (Wildman–Crippen MR) is 278 cm³/mol. The van der Waals surface area contributed by atoms with Gasteiger partial charge in [0.15, 0.2) is 17.5 Å². The molecule has 0 radical (unpaired) electrons. The van der Waals surface area contributed by atoms with Crippen molar-refractivity contribution in [2.75, 3.05) is 0 Å². The summed E-state index contributed by atoms with van der Waals surface area (Å²) in [6.45, 7) is 0. The minimum Gasteiger partial charge on any atom is -0.456 e. The third kappa shape index (κ3) is 5.38. The molecule has 0 bridgehead atoms. The standard InChI is InChI=1S/C64H37N3O2/c1-2-16-38(17-3-1)39-18-12-19-41(36-39)61-65-62(67-63(66-61)50-28-14-26-48-46-23-7-11-32-55(46)69-60(48)50)49-27-15-33-57-58(49)51-37-40(34-35-56(51)68-57)42-24-13-25-47-45-22-6-10-31-54(45)64(59(42)47)52-29-8-4-20-43(52)44-21-5-9-30-53(44)64/h1-37H. The van der Waals surface area contributed by atoms with Crippen LogP contribution in [0.25, 0.3) is 123 Å². The molecule has 2 aliphatic carbocycles. The molecule has 0 atom stereocenters. The normalized spacial score (nSPS) is 13.0. The van der Waals surface area contributed by atoms with Crippen molar-refractivity contribution in [2.45, 2.75) is 5.41 Å². The summed E-state index contributed by atoms with van der Waals surface area (Å²) in [4.78, 5) is 15.9. The molecule has 3 heterocycles. The molecule has 0 fully saturated rings. The monoisotopic (exact) mass is 879 g/mol. The molecule has 69 heavy (non-hydrogen) atoms. The van der Waals surface area contributed by atoms with E-state index in [-0.39, 0.29) is 0 Å². The smallest absolute Gasteiger partial charge is 0.167 e. The number of fused-ring (bicyclic) bond motifs is 16. The maximum atomic E-state index is 6.73. The van der Waals surface area contributed by atoms with Crippen molar-refractivity contribution in [1.82, 2.24) is 15.0 Å². The molecule has 5 nitrogen and oxygen atoms in total. The molecule has 10 aromatic carbocycles. The highest BCUT2D eigenvalue weighted by Crippen LogP contribution is 2.64. The average Bonchev–Trinajstić information content (AvgIpc) is 4.16. The zero-order chi connectivity index (χ0) is 45.2. The maximum Gasteiger partial charge on any atom is 0.167 e. The van der Waals surface area contributed by atoms with Crippen molar-refractivity contribution < 1.29 is 8.83 Å². The molecule has 3 aromatic heterocycles. The fourth-order valence-corrected chi connectivity index (χ4v) is 11.7. The van der Waals surface area contributed by atoms with E-state index in [4.69, 9.17) is 23.8 Å². The number of furan rings is 2. The van der Waals surface area contributed by atoms with Crippen LogP contribution in [0.2, 0.25) is 0 Å². The van der Waals surface area contributed by atoms with Crippen LogP contribution in [0, 0.1) is 0 Å². The van der Waals surface area contributed by atoms with Gasteiger partial charge in [0.05, 0.1) is 11.0 Å². The van der Waals surface area contributed by atoms with Crippen LogP contribution in [-0.2, 0) is 5.41 Å². The minimum atomic E-state index is -0.494. The molecule has 0 saturated heterocycles. The van der Waals surface area contributed by atoms with Gasteiger partial charge in [-0.1, -0.05) is 188 Å². The Morgan fingerprint density at radius 1 is 0.290 bits per heavy atom. The fraction of sp³-hybridized carbons (Fsp3) is 0.0156. The number of rotatable bonds is 5. The largest absolute Gasteiger partial charge is 0.456 e. The second-order valence-corrected chi connectivity index (χ2v) is 18.1. The SMILES string of the molecule is c1ccc(-c2cccc(-c3nc(-c4cccc5c4oc4ccccc45)nc(-c4cccc5oc6ccc(-c7cccc8c7C7(c9ccccc9-c9ccccc97)c7ccccc7-8)cc6c45)n3)c2)cc1. The fourth-order valence-electron chi connectivity index (χ4n) is 11.7. The summed E-state index contributed by atoms with van der Waals surface area (Å²) >= 11 is 0. The van der Waals surface area contributed by atoms with E-state index in [9.17, 15) is 0 Å². The van der Waals surface area contributed by atoms with Crippen LogP contribution < -0.4 is 0 Å². The molecule has 0 unspecified atom stereocenters. The van der Waals surface area contributed by atoms with Crippen molar-refractivity contribution >= 4 is 43.9 Å². The Morgan fingerprint density at radius 2 is 0.812 bits per heavy atom. The second kappa shape index (κ2) is 14.4. The molecule has 0 amide bonds. The van der Waals surface area contributed by atoms with Gasteiger partial charge < -0.3 is 8.83 Å². The Hall–Kier alpha value is -9.19. The lowest BCUT2D eigenvalue weighted by Crippen LogP contribution is -2.26. The van der Waals surface area contributed by atoms with E-state index in [0.717, 1.165) is 77.3 Å². The number of aromatic nitrogens is 3. The van der Waals surface area contributed by atoms with Gasteiger partial charge >= 0.3 is 0 Å². The van der Waals surface area contributed by atoms with Crippen molar-refractivity contribution in [3.63, 3.8) is 0 Å². The van der Waals surface area contributed by atoms with Gasteiger partial charge in [0.25, 0.3) is 0 Å². The van der Waals surface area contributed by atoms with Gasteiger partial charge in [-0.2, -0.15) is 0 Å². The van der Waals surface area contributed by atoms with Crippen LogP contribution in [0.15, 0.2) is 233 Å². The quantitative estimate of drug-likeness (QED) is 0.172. The molecule has 2 aliphatic rings. The van der Waals surface area contributed by atoms with Crippen LogP contribution in [0.4, 0.5) is 0 Å². The summed E-state index contributed by atoms with van der Waals surface area (Å²) in [7, 11) is 0. The van der Waals surface area contributed by atoms with E-state index >= 15 is 0 Å². The number of para-hydroxylation sites is 2. The third-order valence-corrected chi connectivity index (χ3v) is 14.6. The lowest BCUT2D eigenvalue weighted by molar-refractivity contribution is 0.668. The average molecular weight is 880 g/mol. The molecular weight excluding hydrogens is 843 g/mol. The summed E-state index contributed by atoms with van der Waals surface area (Å²) in [6.07, 6.45) is 0. The highest BCUT2D eigenvalue weighted by molar-refractivity contribution is 6.14. The first kappa shape index (κ1) is 38.0. The zero-order valence-electron chi connectivity index (χ0n) is 37.0. The Bertz CT molecular complexity index is 4210. The van der Waals surface area contributed by atoms with E-state index in [1.54, 1.807) is 0 Å². The van der Waals surface area contributed by atoms with E-state index in [1.807, 2.05) is 42.5 Å². The molecule has 1 spiro atoms. The van der Waals surface area contributed by atoms with Gasteiger partial charge in [-0.3, -0.25) is 0 Å². The predicted octanol–water partition coefficient (Wildman–Crippen LogP) is 16.3. The van der Waals surface area contributed by atoms with Crippen molar-refractivity contribution in [3.05, 3.63) is 247 Å². The van der Waals surface area contributed by atoms with Crippen molar-refractivity contribution in [3.8, 4) is 78.7 Å². The molecule has 320 valence electrons. The van der Waals surface area contributed by atoms with Crippen LogP contribution >= 0.6 is 0 Å². The van der Waals surface area contributed by atoms with Crippen molar-refractivity contribution in [1.29, 1.82) is 0 Å². The molecule has 0 aliphatic heterocycles. The summed E-state index contributed by atoms with van der Waals surface area (Å²) < 4.78 is 13.3. The van der Waals surface area contributed by atoms with E-state index in [2.05, 4.69) is 182 Å². The molecule has 15 rings (SSSR count). The van der Waals surface area contributed by atoms with Gasteiger partial charge in [-0.05, 0) is 103 Å². The molecule has 0 N–H and O–H groups in total. The lowest BCUT2D eigenvalue weighted by Gasteiger charge is -2.32. The van der Waals surface area contributed by atoms with Gasteiger partial charge in [0.2, 0.25) is 0 Å². The van der Waals surface area contributed by atoms with Gasteiger partial charge in [-0.15, -0.1) is 0 Å². The van der Waals surface area contributed by atoms with Crippen molar-refractivity contribution in [2.24, 2.45) is 0 Å². The van der Waals surface area contributed by atoms with E-state index < -0.39 is 5.41 Å². The van der Waals surface area contributed by atoms with Gasteiger partial charge in [-0.25, -0.2) is 15.0 Å². The maximum absolute atomic E-state index is 6.73. The van der Waals surface area contributed by atoms with Gasteiger partial charge in [0, 0.05) is 32.7 Å². The highest BCUT2D eigenvalue weighted by atomic mass is 16.3. The third-order valence-electron chi connectivity index (χ3n) is 14.6. The Balaban J connectivity index is 0.963. The molecule has 5 heteroatoms. The van der Waals surface area contributed by atoms with Gasteiger partial charge in [0.1, 0.15) is 22.3 Å². The Labute approximate surface area is 396 Å². The first-order valence-corrected chi connectivity index (χ1v) is 23.4. The van der Waals surface area contributed by atoms with E-state index in [0.29, 0.717) is 17.5 Å². The van der Waals surface area contributed by atoms with Crippen LogP contribution in [0.3, 0.4) is 0 Å². The summed E-state index contributed by atoms with van der Waals surface area (Å²) in [5.41, 5.74) is 20.0. The lowest BCUT2D eigenvalue weighted by atomic mass is 9.68. The zero-order valence-corrected chi connectivity index (χ0v) is 37.0. The summed E-state index contributed by atoms with van der Waals surface area (Å²) in [5.74, 6) is 1.63. The summed E-state index contributed by atoms with van der Waals surface area (Å²) in [5, 5.41) is 3.99. The number of hydrogen-bond donors (Lipinski definition) is 0. The first-order valence-electron chi connectivity index (χ1n) is 23.4. The highest BCUT2D eigenvalue weighted by Gasteiger charge is 2.52. The molecule has 0 saturated carbocycles. The molecule has 13 aromatic rings.